The lowest BCUT2D eigenvalue weighted by atomic mass is 10.1. The second-order valence-electron chi connectivity index (χ2n) is 5.47. The fraction of sp³-hybridized carbons (Fsp3) is 0.571. The van der Waals surface area contributed by atoms with E-state index in [0.29, 0.717) is 6.61 Å². The van der Waals surface area contributed by atoms with Gasteiger partial charge < -0.3 is 15.4 Å². The predicted molar refractivity (Wildman–Crippen MR) is 80.0 cm³/mol. The lowest BCUT2D eigenvalue weighted by molar-refractivity contribution is 0.113. The van der Waals surface area contributed by atoms with Crippen molar-refractivity contribution in [2.45, 2.75) is 32.4 Å². The van der Waals surface area contributed by atoms with E-state index in [4.69, 9.17) is 10.5 Å². The summed E-state index contributed by atoms with van der Waals surface area (Å²) in [6.07, 6.45) is 0. The van der Waals surface area contributed by atoms with Crippen LogP contribution in [0, 0.1) is 0 Å². The van der Waals surface area contributed by atoms with Crippen molar-refractivity contribution >= 4 is 15.9 Å². The maximum Gasteiger partial charge on any atom is 0.133 e. The van der Waals surface area contributed by atoms with Crippen LogP contribution in [0.5, 0.6) is 5.75 Å². The van der Waals surface area contributed by atoms with Gasteiger partial charge in [0.2, 0.25) is 0 Å². The van der Waals surface area contributed by atoms with E-state index < -0.39 is 0 Å². The highest BCUT2D eigenvalue weighted by atomic mass is 79.9. The molecule has 0 heterocycles. The average Bonchev–Trinajstić information content (AvgIpc) is 2.26. The van der Waals surface area contributed by atoms with Crippen molar-refractivity contribution < 1.29 is 4.74 Å². The van der Waals surface area contributed by atoms with Crippen LogP contribution in [0.3, 0.4) is 0 Å². The molecule has 0 fully saturated rings. The molecule has 4 heteroatoms. The molecule has 0 radical (unpaired) electrons. The third kappa shape index (κ3) is 3.97. The molecule has 1 aromatic rings. The van der Waals surface area contributed by atoms with E-state index in [1.165, 1.54) is 0 Å². The Balaban J connectivity index is 2.75. The van der Waals surface area contributed by atoms with Crippen LogP contribution in [0.2, 0.25) is 0 Å². The highest BCUT2D eigenvalue weighted by Crippen LogP contribution is 2.28. The number of halogens is 1. The van der Waals surface area contributed by atoms with Crippen LogP contribution < -0.4 is 10.5 Å². The molecule has 0 aliphatic heterocycles. The fourth-order valence-electron chi connectivity index (χ4n) is 1.30. The molecule has 0 aliphatic carbocycles. The molecule has 0 aliphatic rings. The largest absolute Gasteiger partial charge is 0.491 e. The Morgan fingerprint density at radius 3 is 2.44 bits per heavy atom. The second kappa shape index (κ2) is 6.04. The van der Waals surface area contributed by atoms with Gasteiger partial charge in [0.1, 0.15) is 12.4 Å². The molecule has 0 unspecified atom stereocenters. The van der Waals surface area contributed by atoms with Crippen LogP contribution >= 0.6 is 15.9 Å². The zero-order chi connectivity index (χ0) is 13.9. The summed E-state index contributed by atoms with van der Waals surface area (Å²) in [4.78, 5) is 2.15. The van der Waals surface area contributed by atoms with Crippen LogP contribution in [0.25, 0.3) is 0 Å². The molecule has 2 N–H and O–H groups in total. The summed E-state index contributed by atoms with van der Waals surface area (Å²) >= 11 is 3.53. The smallest absolute Gasteiger partial charge is 0.133 e. The predicted octanol–water partition coefficient (Wildman–Crippen LogP) is 3.19. The molecular weight excluding hydrogens is 292 g/mol. The van der Waals surface area contributed by atoms with Crippen molar-refractivity contribution in [1.82, 2.24) is 4.90 Å². The molecule has 0 saturated heterocycles. The number of nitrogens with zero attached hydrogens (tertiary/aromatic N) is 1. The number of benzene rings is 1. The third-order valence-electron chi connectivity index (χ3n) is 3.27. The molecule has 1 aromatic carbocycles. The highest BCUT2D eigenvalue weighted by Gasteiger charge is 2.21. The van der Waals surface area contributed by atoms with E-state index >= 15 is 0 Å². The van der Waals surface area contributed by atoms with Gasteiger partial charge in [0, 0.05) is 11.6 Å². The second-order valence-corrected chi connectivity index (χ2v) is 6.33. The average molecular weight is 315 g/mol. The molecule has 0 spiro atoms. The van der Waals surface area contributed by atoms with Crippen molar-refractivity contribution in [3.05, 3.63) is 28.2 Å². The minimum atomic E-state index is -0.000724. The van der Waals surface area contributed by atoms with Crippen LogP contribution in [0.15, 0.2) is 22.7 Å². The molecule has 0 amide bonds. The minimum absolute atomic E-state index is 0.000724. The maximum atomic E-state index is 5.87. The normalized spacial score (nSPS) is 13.8. The first-order valence-electron chi connectivity index (χ1n) is 6.09. The van der Waals surface area contributed by atoms with Gasteiger partial charge >= 0.3 is 0 Å². The topological polar surface area (TPSA) is 38.5 Å². The molecule has 18 heavy (non-hydrogen) atoms. The van der Waals surface area contributed by atoms with Crippen molar-refractivity contribution in [3.8, 4) is 5.75 Å². The Hall–Kier alpha value is -0.580. The van der Waals surface area contributed by atoms with Crippen LogP contribution in [0.1, 0.15) is 32.4 Å². The summed E-state index contributed by atoms with van der Waals surface area (Å²) in [7, 11) is 4.11. The van der Waals surface area contributed by atoms with Gasteiger partial charge in [-0.1, -0.05) is 6.07 Å². The van der Waals surface area contributed by atoms with Crippen molar-refractivity contribution in [3.63, 3.8) is 0 Å². The van der Waals surface area contributed by atoms with Crippen molar-refractivity contribution in [2.24, 2.45) is 5.73 Å². The van der Waals surface area contributed by atoms with E-state index in [1.54, 1.807) is 0 Å². The molecule has 3 nitrogen and oxygen atoms in total. The van der Waals surface area contributed by atoms with Gasteiger partial charge in [-0.15, -0.1) is 0 Å². The molecule has 1 rings (SSSR count). The maximum absolute atomic E-state index is 5.87. The van der Waals surface area contributed by atoms with Gasteiger partial charge in [0.15, 0.2) is 0 Å². The van der Waals surface area contributed by atoms with E-state index in [1.807, 2.05) is 25.1 Å². The molecule has 0 saturated carbocycles. The summed E-state index contributed by atoms with van der Waals surface area (Å²) in [6.45, 7) is 6.90. The van der Waals surface area contributed by atoms with E-state index in [2.05, 4.69) is 48.8 Å². The number of hydrogen-bond donors (Lipinski definition) is 1. The highest BCUT2D eigenvalue weighted by molar-refractivity contribution is 9.10. The molecule has 102 valence electrons. The summed E-state index contributed by atoms with van der Waals surface area (Å²) in [5.41, 5.74) is 6.94. The van der Waals surface area contributed by atoms with Crippen LogP contribution in [0.4, 0.5) is 0 Å². The van der Waals surface area contributed by atoms with Gasteiger partial charge in [0.25, 0.3) is 0 Å². The lowest BCUT2D eigenvalue weighted by Gasteiger charge is -2.32. The van der Waals surface area contributed by atoms with Crippen molar-refractivity contribution in [1.29, 1.82) is 0 Å². The molecular formula is C14H23BrN2O. The SMILES string of the molecule is C[C@@H](N)c1ccc(OCC(C)(C)N(C)C)c(Br)c1. The zero-order valence-corrected chi connectivity index (χ0v) is 13.4. The van der Waals surface area contributed by atoms with E-state index in [-0.39, 0.29) is 11.6 Å². The monoisotopic (exact) mass is 314 g/mol. The van der Waals surface area contributed by atoms with Gasteiger partial charge in [-0.05, 0) is 68.5 Å². The Bertz CT molecular complexity index is 403. The van der Waals surface area contributed by atoms with E-state index in [9.17, 15) is 0 Å². The van der Waals surface area contributed by atoms with Gasteiger partial charge in [-0.25, -0.2) is 0 Å². The van der Waals surface area contributed by atoms with Gasteiger partial charge in [-0.2, -0.15) is 0 Å². The fourth-order valence-corrected chi connectivity index (χ4v) is 1.81. The summed E-state index contributed by atoms with van der Waals surface area (Å²) in [5, 5.41) is 0. The summed E-state index contributed by atoms with van der Waals surface area (Å²) < 4.78 is 6.82. The molecule has 0 bridgehead atoms. The zero-order valence-electron chi connectivity index (χ0n) is 11.8. The Kier molecular flexibility index (Phi) is 5.20. The molecule has 0 aromatic heterocycles. The number of ether oxygens (including phenoxy) is 1. The van der Waals surface area contributed by atoms with Gasteiger partial charge in [-0.3, -0.25) is 0 Å². The van der Waals surface area contributed by atoms with Gasteiger partial charge in [0.05, 0.1) is 4.47 Å². The minimum Gasteiger partial charge on any atom is -0.491 e. The lowest BCUT2D eigenvalue weighted by Crippen LogP contribution is -2.43. The van der Waals surface area contributed by atoms with Crippen LogP contribution in [-0.2, 0) is 0 Å². The third-order valence-corrected chi connectivity index (χ3v) is 3.89. The quantitative estimate of drug-likeness (QED) is 0.907. The molecule has 1 atom stereocenters. The Labute approximate surface area is 118 Å². The Morgan fingerprint density at radius 1 is 1.39 bits per heavy atom. The van der Waals surface area contributed by atoms with Crippen LogP contribution in [-0.4, -0.2) is 31.1 Å². The Morgan fingerprint density at radius 2 is 2.00 bits per heavy atom. The number of rotatable bonds is 5. The first-order chi connectivity index (χ1) is 8.24. The number of nitrogens with two attached hydrogens (primary N) is 1. The first kappa shape index (κ1) is 15.5. The number of hydrogen-bond acceptors (Lipinski definition) is 3. The number of likely N-dealkylation sites (N-methyl/N-ethyl adjacent to an activating group) is 1. The van der Waals surface area contributed by atoms with Crippen molar-refractivity contribution in [2.75, 3.05) is 20.7 Å². The van der Waals surface area contributed by atoms with E-state index in [0.717, 1.165) is 15.8 Å². The summed E-state index contributed by atoms with van der Waals surface area (Å²) in [5.74, 6) is 0.856. The summed E-state index contributed by atoms with van der Waals surface area (Å²) in [6, 6.07) is 6.03. The standard InChI is InChI=1S/C14H23BrN2O/c1-10(16)11-6-7-13(12(15)8-11)18-9-14(2,3)17(4)5/h6-8,10H,9,16H2,1-5H3/t10-/m1/s1. The first-order valence-corrected chi connectivity index (χ1v) is 6.88.